The number of aromatic hydroxyl groups is 8. The van der Waals surface area contributed by atoms with Crippen molar-refractivity contribution in [3.05, 3.63) is 143 Å². The summed E-state index contributed by atoms with van der Waals surface area (Å²) >= 11 is 0. The van der Waals surface area contributed by atoms with E-state index in [0.29, 0.717) is 39.5 Å². The molecule has 57 heavy (non-hydrogen) atoms. The summed E-state index contributed by atoms with van der Waals surface area (Å²) in [4.78, 5) is 10.1. The van der Waals surface area contributed by atoms with Crippen molar-refractivity contribution in [3.8, 4) is 79.4 Å². The van der Waals surface area contributed by atoms with Crippen molar-refractivity contribution >= 4 is 23.8 Å². The fourth-order valence-electron chi connectivity index (χ4n) is 7.32. The number of rotatable bonds is 9. The topological polar surface area (TPSA) is 199 Å². The maximum atomic E-state index is 11.1. The van der Waals surface area contributed by atoms with Crippen molar-refractivity contribution in [3.63, 3.8) is 0 Å². The Bertz CT molecular complexity index is 2680. The quantitative estimate of drug-likeness (QED) is 0.0510. The van der Waals surface area contributed by atoms with Crippen LogP contribution < -0.4 is 5.32 Å². The van der Waals surface area contributed by atoms with Crippen LogP contribution in [0.3, 0.4) is 0 Å². The summed E-state index contributed by atoms with van der Waals surface area (Å²) in [5.41, 5.74) is 6.08. The van der Waals surface area contributed by atoms with E-state index in [4.69, 9.17) is 9.98 Å². The first kappa shape index (κ1) is 37.6. The smallest absolute Gasteiger partial charge is 0.204 e. The van der Waals surface area contributed by atoms with Crippen LogP contribution in [0.25, 0.3) is 45.5 Å². The predicted molar refractivity (Wildman–Crippen MR) is 222 cm³/mol. The molecule has 1 heterocycles. The number of hydrogen-bond acceptors (Lipinski definition) is 11. The number of phenols is 8. The van der Waals surface area contributed by atoms with Crippen LogP contribution in [0.4, 0.5) is 0 Å². The molecule has 0 bridgehead atoms. The van der Waals surface area contributed by atoms with E-state index in [1.54, 1.807) is 43.3 Å². The third kappa shape index (κ3) is 6.30. The Kier molecular flexibility index (Phi) is 9.82. The van der Waals surface area contributed by atoms with Gasteiger partial charge in [0, 0.05) is 22.3 Å². The molecule has 0 amide bonds. The molecular weight excluding hydrogens is 723 g/mol. The van der Waals surface area contributed by atoms with Gasteiger partial charge in [0.15, 0.2) is 28.8 Å². The van der Waals surface area contributed by atoms with Gasteiger partial charge in [-0.2, -0.15) is 0 Å². The zero-order chi connectivity index (χ0) is 40.7. The lowest BCUT2D eigenvalue weighted by atomic mass is 9.86. The number of hydrogen-bond donors (Lipinski definition) is 9. The largest absolute Gasteiger partial charge is 0.506 e. The molecule has 0 saturated heterocycles. The van der Waals surface area contributed by atoms with Gasteiger partial charge < -0.3 is 46.2 Å². The van der Waals surface area contributed by atoms with Gasteiger partial charge in [0.2, 0.25) is 17.2 Å². The standard InChI is InChI=1S/C46H39N3O8/c1-5-27-32(20-13-21-33(27)35-28(6-2)37(51)42(56)43(57)40(35)54)30-18-12-19-31(23(30)4)46-48-44(24-14-9-8-10-15-24)47-45(49-46)26-17-11-16-25(22-26)34-36(50)29(7-3)38(52)41(55)39(34)53/h5,7-22,45,50-57H,1,3,6H2,2,4H3,(H,47,48,49). The molecule has 0 spiro atoms. The highest BCUT2D eigenvalue weighted by molar-refractivity contribution is 6.14. The van der Waals surface area contributed by atoms with Crippen LogP contribution in [0.15, 0.2) is 114 Å². The number of amidine groups is 2. The first-order chi connectivity index (χ1) is 27.4. The minimum Gasteiger partial charge on any atom is -0.506 e. The molecule has 6 aromatic rings. The van der Waals surface area contributed by atoms with Crippen LogP contribution in [0.1, 0.15) is 52.0 Å². The van der Waals surface area contributed by atoms with E-state index < -0.39 is 52.2 Å². The fourth-order valence-corrected chi connectivity index (χ4v) is 7.32. The molecule has 9 N–H and O–H groups in total. The first-order valence-corrected chi connectivity index (χ1v) is 18.0. The molecule has 1 unspecified atom stereocenters. The Morgan fingerprint density at radius 2 is 1.16 bits per heavy atom. The van der Waals surface area contributed by atoms with E-state index in [2.05, 4.69) is 18.5 Å². The third-order valence-corrected chi connectivity index (χ3v) is 10.2. The molecule has 6 aromatic carbocycles. The van der Waals surface area contributed by atoms with Gasteiger partial charge in [0.05, 0.1) is 11.1 Å². The second kappa shape index (κ2) is 14.9. The van der Waals surface area contributed by atoms with Gasteiger partial charge in [-0.25, -0.2) is 9.98 Å². The zero-order valence-electron chi connectivity index (χ0n) is 31.0. The summed E-state index contributed by atoms with van der Waals surface area (Å²) in [6.07, 6.45) is 2.34. The minimum atomic E-state index is -0.828. The van der Waals surface area contributed by atoms with Gasteiger partial charge in [-0.15, -0.1) is 0 Å². The predicted octanol–water partition coefficient (Wildman–Crippen LogP) is 8.98. The molecule has 11 heteroatoms. The van der Waals surface area contributed by atoms with Crippen LogP contribution in [-0.4, -0.2) is 52.5 Å². The maximum Gasteiger partial charge on any atom is 0.204 e. The highest BCUT2D eigenvalue weighted by Gasteiger charge is 2.28. The molecule has 1 aliphatic heterocycles. The van der Waals surface area contributed by atoms with Gasteiger partial charge in [-0.05, 0) is 58.4 Å². The summed E-state index contributed by atoms with van der Waals surface area (Å²) in [7, 11) is 0. The van der Waals surface area contributed by atoms with Crippen LogP contribution in [0.5, 0.6) is 46.0 Å². The molecule has 286 valence electrons. The van der Waals surface area contributed by atoms with Crippen molar-refractivity contribution < 1.29 is 40.9 Å². The van der Waals surface area contributed by atoms with E-state index in [-0.39, 0.29) is 28.7 Å². The lowest BCUT2D eigenvalue weighted by molar-refractivity contribution is 0.344. The molecule has 1 aliphatic rings. The Morgan fingerprint density at radius 1 is 0.579 bits per heavy atom. The molecule has 0 aliphatic carbocycles. The van der Waals surface area contributed by atoms with Crippen LogP contribution >= 0.6 is 0 Å². The molecule has 0 fully saturated rings. The van der Waals surface area contributed by atoms with E-state index in [1.807, 2.05) is 67.6 Å². The Labute approximate surface area is 328 Å². The molecule has 0 saturated carbocycles. The Morgan fingerprint density at radius 3 is 1.84 bits per heavy atom. The number of aliphatic imine (C=N–C) groups is 2. The molecule has 0 aromatic heterocycles. The van der Waals surface area contributed by atoms with E-state index in [9.17, 15) is 40.9 Å². The minimum absolute atomic E-state index is 0.0973. The third-order valence-electron chi connectivity index (χ3n) is 10.2. The molecule has 7 rings (SSSR count). The van der Waals surface area contributed by atoms with Gasteiger partial charge in [0.25, 0.3) is 0 Å². The zero-order valence-corrected chi connectivity index (χ0v) is 31.0. The maximum absolute atomic E-state index is 11.1. The van der Waals surface area contributed by atoms with Gasteiger partial charge >= 0.3 is 0 Å². The monoisotopic (exact) mass is 761 g/mol. The van der Waals surface area contributed by atoms with Crippen LogP contribution in [-0.2, 0) is 6.42 Å². The van der Waals surface area contributed by atoms with Gasteiger partial charge in [-0.1, -0.05) is 117 Å². The normalized spacial score (nSPS) is 13.7. The Hall–Kier alpha value is -7.66. The second-order valence-corrected chi connectivity index (χ2v) is 13.4. The average Bonchev–Trinajstić information content (AvgIpc) is 3.23. The van der Waals surface area contributed by atoms with Crippen molar-refractivity contribution in [1.82, 2.24) is 5.32 Å². The fraction of sp³-hybridized carbons (Fsp3) is 0.0870. The molecule has 11 nitrogen and oxygen atoms in total. The van der Waals surface area contributed by atoms with Gasteiger partial charge in [-0.3, -0.25) is 0 Å². The number of nitrogens with zero attached hydrogens (tertiary/aromatic N) is 2. The van der Waals surface area contributed by atoms with Crippen LogP contribution in [0.2, 0.25) is 0 Å². The second-order valence-electron chi connectivity index (χ2n) is 13.4. The van der Waals surface area contributed by atoms with E-state index in [0.717, 1.165) is 22.3 Å². The summed E-state index contributed by atoms with van der Waals surface area (Å²) < 4.78 is 0. The SMILES string of the molecule is C=Cc1c(-c2cccc(C3=NC(c4cccc(-c5c(O)c(O)c(O)c(C=C)c5O)c4)NC(c4ccccc4)=N3)c2C)cccc1-c1c(O)c(O)c(O)c(O)c1CC. The van der Waals surface area contributed by atoms with Crippen molar-refractivity contribution in [2.24, 2.45) is 9.98 Å². The molecule has 1 atom stereocenters. The summed E-state index contributed by atoms with van der Waals surface area (Å²) in [5, 5.41) is 88.7. The number of phenolic OH excluding ortho intramolecular Hbond substituents is 8. The van der Waals surface area contributed by atoms with Gasteiger partial charge in [0.1, 0.15) is 17.8 Å². The van der Waals surface area contributed by atoms with E-state index >= 15 is 0 Å². The molecule has 0 radical (unpaired) electrons. The highest BCUT2D eigenvalue weighted by Crippen LogP contribution is 2.54. The average molecular weight is 762 g/mol. The van der Waals surface area contributed by atoms with Crippen molar-refractivity contribution in [1.29, 1.82) is 0 Å². The summed E-state index contributed by atoms with van der Waals surface area (Å²) in [6.45, 7) is 11.4. The lowest BCUT2D eigenvalue weighted by Gasteiger charge is -2.25. The summed E-state index contributed by atoms with van der Waals surface area (Å²) in [5.74, 6) is -4.42. The number of nitrogens with one attached hydrogen (secondary N) is 1. The van der Waals surface area contributed by atoms with E-state index in [1.165, 1.54) is 6.08 Å². The lowest BCUT2D eigenvalue weighted by Crippen LogP contribution is -2.33. The Balaban J connectivity index is 1.39. The molecular formula is C46H39N3O8. The first-order valence-electron chi connectivity index (χ1n) is 18.0. The number of benzene rings is 6. The van der Waals surface area contributed by atoms with Crippen LogP contribution in [0, 0.1) is 6.92 Å². The van der Waals surface area contributed by atoms with Crippen molar-refractivity contribution in [2.45, 2.75) is 26.4 Å². The highest BCUT2D eigenvalue weighted by atomic mass is 16.3. The summed E-state index contributed by atoms with van der Waals surface area (Å²) in [6, 6.07) is 27.6. The van der Waals surface area contributed by atoms with Crippen molar-refractivity contribution in [2.75, 3.05) is 0 Å².